The van der Waals surface area contributed by atoms with Gasteiger partial charge in [0.05, 0.1) is 17.8 Å². The molecule has 0 fully saturated rings. The first-order valence-corrected chi connectivity index (χ1v) is 10.1. The summed E-state index contributed by atoms with van der Waals surface area (Å²) in [6, 6.07) is 11.1. The minimum atomic E-state index is 0.288. The first-order chi connectivity index (χ1) is 13.5. The predicted molar refractivity (Wildman–Crippen MR) is 116 cm³/mol. The van der Waals surface area contributed by atoms with Crippen LogP contribution in [0.15, 0.2) is 40.3 Å². The fourth-order valence-corrected chi connectivity index (χ4v) is 3.89. The number of hydrogen-bond donors (Lipinski definition) is 0. The Balaban J connectivity index is 1.70. The third-order valence-corrected chi connectivity index (χ3v) is 5.40. The number of fused-ring (bicyclic) bond motifs is 1. The number of hydrogen-bond acceptors (Lipinski definition) is 4. The highest BCUT2D eigenvalue weighted by atomic mass is 15.4. The van der Waals surface area contributed by atoms with E-state index in [0.29, 0.717) is 6.54 Å². The van der Waals surface area contributed by atoms with Crippen molar-refractivity contribution in [3.63, 3.8) is 0 Å². The van der Waals surface area contributed by atoms with E-state index in [-0.39, 0.29) is 6.04 Å². The largest absolute Gasteiger partial charge is 0.260 e. The molecule has 0 N–H and O–H groups in total. The molecular formula is C23H27N5. The second kappa shape index (κ2) is 7.30. The topological polar surface area (TPSA) is 55.4 Å². The lowest BCUT2D eigenvalue weighted by Gasteiger charge is -2.12. The van der Waals surface area contributed by atoms with Crippen LogP contribution in [0.2, 0.25) is 0 Å². The Hall–Kier alpha value is -2.82. The smallest absolute Gasteiger partial charge is 0.155 e. The van der Waals surface area contributed by atoms with Gasteiger partial charge in [-0.1, -0.05) is 37.3 Å². The van der Waals surface area contributed by atoms with Crippen LogP contribution in [-0.4, -0.2) is 33.1 Å². The summed E-state index contributed by atoms with van der Waals surface area (Å²) in [7, 11) is 0. The molecule has 5 heteroatoms. The molecule has 0 amide bonds. The number of aliphatic imine (C=N–C) groups is 2. The zero-order valence-electron chi connectivity index (χ0n) is 17.3. The molecule has 0 bridgehead atoms. The standard InChI is InChI=1S/C23H27N5/c1-6-16-10-15(5)22(17(7-2)11-16)23-24-13-20(25-23)18-8-9-21-19(12-18)26-27-28(21)14(3)4/h8-12,14H,6-7,13H2,1-5H3. The first-order valence-electron chi connectivity index (χ1n) is 10.1. The van der Waals surface area contributed by atoms with Crippen LogP contribution in [0.1, 0.15) is 61.6 Å². The van der Waals surface area contributed by atoms with Gasteiger partial charge in [-0.3, -0.25) is 4.99 Å². The van der Waals surface area contributed by atoms with Crippen LogP contribution < -0.4 is 0 Å². The third-order valence-electron chi connectivity index (χ3n) is 5.40. The van der Waals surface area contributed by atoms with Crippen LogP contribution in [0.5, 0.6) is 0 Å². The second-order valence-electron chi connectivity index (χ2n) is 7.68. The summed E-state index contributed by atoms with van der Waals surface area (Å²) in [4.78, 5) is 9.69. The Morgan fingerprint density at radius 2 is 1.89 bits per heavy atom. The van der Waals surface area contributed by atoms with Crippen LogP contribution in [0.3, 0.4) is 0 Å². The van der Waals surface area contributed by atoms with Gasteiger partial charge in [0.25, 0.3) is 0 Å². The molecule has 2 aromatic carbocycles. The lowest BCUT2D eigenvalue weighted by Crippen LogP contribution is -2.06. The summed E-state index contributed by atoms with van der Waals surface area (Å²) in [5.74, 6) is 0.859. The van der Waals surface area contributed by atoms with Gasteiger partial charge in [-0.25, -0.2) is 9.67 Å². The number of aromatic nitrogens is 3. The zero-order valence-corrected chi connectivity index (χ0v) is 17.3. The Labute approximate surface area is 166 Å². The van der Waals surface area contributed by atoms with Gasteiger partial charge in [-0.15, -0.1) is 5.10 Å². The molecule has 0 saturated heterocycles. The molecule has 1 aliphatic rings. The van der Waals surface area contributed by atoms with E-state index in [0.717, 1.165) is 41.0 Å². The van der Waals surface area contributed by atoms with Gasteiger partial charge in [-0.05, 0) is 62.4 Å². The zero-order chi connectivity index (χ0) is 19.8. The lowest BCUT2D eigenvalue weighted by atomic mass is 9.95. The van der Waals surface area contributed by atoms with E-state index in [1.54, 1.807) is 0 Å². The molecule has 0 unspecified atom stereocenters. The molecule has 0 atom stereocenters. The number of aryl methyl sites for hydroxylation is 3. The minimum absolute atomic E-state index is 0.288. The van der Waals surface area contributed by atoms with Gasteiger partial charge >= 0.3 is 0 Å². The summed E-state index contributed by atoms with van der Waals surface area (Å²) in [6.45, 7) is 11.4. The van der Waals surface area contributed by atoms with Gasteiger partial charge in [0.2, 0.25) is 0 Å². The van der Waals surface area contributed by atoms with Gasteiger partial charge in [-0.2, -0.15) is 0 Å². The molecule has 0 aliphatic carbocycles. The van der Waals surface area contributed by atoms with Crippen molar-refractivity contribution in [1.29, 1.82) is 0 Å². The van der Waals surface area contributed by atoms with Crippen molar-refractivity contribution in [3.05, 3.63) is 58.1 Å². The van der Waals surface area contributed by atoms with Crippen LogP contribution in [0, 0.1) is 6.92 Å². The Bertz CT molecular complexity index is 1100. The SMILES string of the molecule is CCc1cc(C)c(C2=NCC(c3ccc4c(c3)nnn4C(C)C)=N2)c(CC)c1. The summed E-state index contributed by atoms with van der Waals surface area (Å²) in [5, 5.41) is 8.60. The van der Waals surface area contributed by atoms with Crippen molar-refractivity contribution >= 4 is 22.6 Å². The number of rotatable bonds is 5. The maximum absolute atomic E-state index is 4.91. The number of benzene rings is 2. The molecule has 0 saturated carbocycles. The highest BCUT2D eigenvalue weighted by molar-refractivity contribution is 6.18. The van der Waals surface area contributed by atoms with E-state index in [1.807, 2.05) is 4.68 Å². The van der Waals surface area contributed by atoms with Gasteiger partial charge < -0.3 is 0 Å². The molecule has 0 radical (unpaired) electrons. The highest BCUT2D eigenvalue weighted by Crippen LogP contribution is 2.24. The third kappa shape index (κ3) is 3.15. The average Bonchev–Trinajstić information content (AvgIpc) is 3.33. The second-order valence-corrected chi connectivity index (χ2v) is 7.68. The predicted octanol–water partition coefficient (Wildman–Crippen LogP) is 4.69. The van der Waals surface area contributed by atoms with Gasteiger partial charge in [0, 0.05) is 17.2 Å². The average molecular weight is 374 g/mol. The Kier molecular flexibility index (Phi) is 4.84. The van der Waals surface area contributed by atoms with Crippen LogP contribution in [0.25, 0.3) is 11.0 Å². The van der Waals surface area contributed by atoms with E-state index in [2.05, 4.69) is 75.3 Å². The normalized spacial score (nSPS) is 14.1. The highest BCUT2D eigenvalue weighted by Gasteiger charge is 2.19. The van der Waals surface area contributed by atoms with E-state index in [9.17, 15) is 0 Å². The molecule has 5 nitrogen and oxygen atoms in total. The molecule has 28 heavy (non-hydrogen) atoms. The van der Waals surface area contributed by atoms with E-state index in [1.165, 1.54) is 22.3 Å². The molecule has 0 spiro atoms. The maximum Gasteiger partial charge on any atom is 0.155 e. The van der Waals surface area contributed by atoms with Crippen molar-refractivity contribution < 1.29 is 0 Å². The van der Waals surface area contributed by atoms with Crippen molar-refractivity contribution in [3.8, 4) is 0 Å². The van der Waals surface area contributed by atoms with Gasteiger partial charge in [0.1, 0.15) is 5.52 Å². The summed E-state index contributed by atoms with van der Waals surface area (Å²) >= 11 is 0. The molecule has 2 heterocycles. The molecule has 4 rings (SSSR count). The van der Waals surface area contributed by atoms with Crippen molar-refractivity contribution in [2.24, 2.45) is 9.98 Å². The van der Waals surface area contributed by atoms with Crippen molar-refractivity contribution in [1.82, 2.24) is 15.0 Å². The lowest BCUT2D eigenvalue weighted by molar-refractivity contribution is 0.530. The summed E-state index contributed by atoms with van der Waals surface area (Å²) in [6.07, 6.45) is 2.03. The van der Waals surface area contributed by atoms with Crippen LogP contribution >= 0.6 is 0 Å². The van der Waals surface area contributed by atoms with Crippen LogP contribution in [0.4, 0.5) is 0 Å². The monoisotopic (exact) mass is 373 g/mol. The van der Waals surface area contributed by atoms with Crippen molar-refractivity contribution in [2.75, 3.05) is 6.54 Å². The van der Waals surface area contributed by atoms with Gasteiger partial charge in [0.15, 0.2) is 5.84 Å². The molecular weight excluding hydrogens is 346 g/mol. The number of nitrogens with zero attached hydrogens (tertiary/aromatic N) is 5. The Morgan fingerprint density at radius 1 is 1.07 bits per heavy atom. The molecule has 1 aliphatic heterocycles. The molecule has 144 valence electrons. The fraction of sp³-hybridized carbons (Fsp3) is 0.391. The first kappa shape index (κ1) is 18.5. The van der Waals surface area contributed by atoms with E-state index in [4.69, 9.17) is 9.98 Å². The quantitative estimate of drug-likeness (QED) is 0.651. The summed E-state index contributed by atoms with van der Waals surface area (Å²) < 4.78 is 1.95. The van der Waals surface area contributed by atoms with E-state index >= 15 is 0 Å². The fourth-order valence-electron chi connectivity index (χ4n) is 3.89. The maximum atomic E-state index is 4.91. The van der Waals surface area contributed by atoms with Crippen LogP contribution in [-0.2, 0) is 12.8 Å². The van der Waals surface area contributed by atoms with Crippen molar-refractivity contribution in [2.45, 2.75) is 53.5 Å². The molecule has 1 aromatic heterocycles. The minimum Gasteiger partial charge on any atom is -0.260 e. The number of amidine groups is 1. The van der Waals surface area contributed by atoms with E-state index < -0.39 is 0 Å². The molecule has 3 aromatic rings. The Morgan fingerprint density at radius 3 is 2.61 bits per heavy atom. The summed E-state index contributed by atoms with van der Waals surface area (Å²) in [5.41, 5.74) is 9.19.